The Bertz CT molecular complexity index is 521. The Balaban J connectivity index is 1.65. The SMILES string of the molecule is C=Cc1cc(CNCC(O)CCc2ccccc2)cs1. The second-order valence-electron chi connectivity index (χ2n) is 4.87. The first-order valence-corrected chi connectivity index (χ1v) is 7.78. The molecule has 1 aromatic carbocycles. The molecule has 2 rings (SSSR count). The van der Waals surface area contributed by atoms with Crippen LogP contribution in [-0.4, -0.2) is 17.8 Å². The van der Waals surface area contributed by atoms with Crippen molar-refractivity contribution in [3.05, 3.63) is 64.4 Å². The molecule has 0 bridgehead atoms. The topological polar surface area (TPSA) is 32.3 Å². The van der Waals surface area contributed by atoms with Gasteiger partial charge in [-0.2, -0.15) is 0 Å². The van der Waals surface area contributed by atoms with Crippen molar-refractivity contribution >= 4 is 17.4 Å². The van der Waals surface area contributed by atoms with Crippen molar-refractivity contribution < 1.29 is 5.11 Å². The van der Waals surface area contributed by atoms with Crippen LogP contribution in [0.15, 0.2) is 48.4 Å². The average molecular weight is 287 g/mol. The molecule has 0 fully saturated rings. The predicted octanol–water partition coefficient (Wildman–Crippen LogP) is 3.47. The van der Waals surface area contributed by atoms with E-state index in [9.17, 15) is 5.11 Å². The van der Waals surface area contributed by atoms with Gasteiger partial charge in [0.25, 0.3) is 0 Å². The molecule has 2 aromatic rings. The number of aliphatic hydroxyl groups is 1. The number of nitrogens with one attached hydrogen (secondary N) is 1. The Morgan fingerprint density at radius 2 is 2.05 bits per heavy atom. The molecular weight excluding hydrogens is 266 g/mol. The lowest BCUT2D eigenvalue weighted by Crippen LogP contribution is -2.26. The number of benzene rings is 1. The van der Waals surface area contributed by atoms with Crippen molar-refractivity contribution in [1.29, 1.82) is 0 Å². The lowest BCUT2D eigenvalue weighted by Gasteiger charge is -2.11. The van der Waals surface area contributed by atoms with E-state index in [2.05, 4.69) is 35.5 Å². The number of rotatable bonds is 8. The van der Waals surface area contributed by atoms with Gasteiger partial charge in [-0.25, -0.2) is 0 Å². The molecule has 1 heterocycles. The minimum atomic E-state index is -0.298. The summed E-state index contributed by atoms with van der Waals surface area (Å²) in [7, 11) is 0. The monoisotopic (exact) mass is 287 g/mol. The summed E-state index contributed by atoms with van der Waals surface area (Å²) in [5, 5.41) is 15.4. The van der Waals surface area contributed by atoms with Gasteiger partial charge in [-0.1, -0.05) is 43.0 Å². The first-order valence-electron chi connectivity index (χ1n) is 6.90. The highest BCUT2D eigenvalue weighted by Crippen LogP contribution is 2.15. The zero-order chi connectivity index (χ0) is 14.2. The number of hydrogen-bond donors (Lipinski definition) is 2. The van der Waals surface area contributed by atoms with E-state index >= 15 is 0 Å². The minimum absolute atomic E-state index is 0.298. The van der Waals surface area contributed by atoms with E-state index in [1.807, 2.05) is 24.3 Å². The predicted molar refractivity (Wildman–Crippen MR) is 86.9 cm³/mol. The molecule has 2 N–H and O–H groups in total. The third-order valence-electron chi connectivity index (χ3n) is 3.19. The van der Waals surface area contributed by atoms with Crippen molar-refractivity contribution in [2.75, 3.05) is 6.54 Å². The first-order chi connectivity index (χ1) is 9.78. The lowest BCUT2D eigenvalue weighted by atomic mass is 10.1. The second-order valence-corrected chi connectivity index (χ2v) is 5.81. The molecule has 2 nitrogen and oxygen atoms in total. The van der Waals surface area contributed by atoms with Gasteiger partial charge in [0.2, 0.25) is 0 Å². The normalized spacial score (nSPS) is 12.2. The van der Waals surface area contributed by atoms with E-state index in [1.54, 1.807) is 11.3 Å². The molecule has 0 saturated carbocycles. The maximum absolute atomic E-state index is 9.96. The highest BCUT2D eigenvalue weighted by molar-refractivity contribution is 7.11. The molecule has 0 aliphatic heterocycles. The van der Waals surface area contributed by atoms with Gasteiger partial charge in [0.15, 0.2) is 0 Å². The van der Waals surface area contributed by atoms with Gasteiger partial charge < -0.3 is 10.4 Å². The zero-order valence-corrected chi connectivity index (χ0v) is 12.4. The molecule has 0 aliphatic rings. The van der Waals surface area contributed by atoms with Crippen molar-refractivity contribution in [2.24, 2.45) is 0 Å². The molecule has 1 atom stereocenters. The number of aryl methyl sites for hydroxylation is 1. The van der Waals surface area contributed by atoms with Gasteiger partial charge in [0, 0.05) is 18.0 Å². The molecule has 106 valence electrons. The summed E-state index contributed by atoms with van der Waals surface area (Å²) in [6.07, 6.45) is 3.28. The highest BCUT2D eigenvalue weighted by atomic mass is 32.1. The zero-order valence-electron chi connectivity index (χ0n) is 11.6. The van der Waals surface area contributed by atoms with E-state index < -0.39 is 0 Å². The van der Waals surface area contributed by atoms with Crippen molar-refractivity contribution in [3.63, 3.8) is 0 Å². The molecule has 0 saturated heterocycles. The van der Waals surface area contributed by atoms with E-state index in [0.29, 0.717) is 6.54 Å². The molecule has 0 radical (unpaired) electrons. The van der Waals surface area contributed by atoms with Crippen molar-refractivity contribution in [3.8, 4) is 0 Å². The van der Waals surface area contributed by atoms with Gasteiger partial charge in [-0.05, 0) is 35.4 Å². The summed E-state index contributed by atoms with van der Waals surface area (Å²) in [4.78, 5) is 1.19. The van der Waals surface area contributed by atoms with E-state index in [4.69, 9.17) is 0 Å². The highest BCUT2D eigenvalue weighted by Gasteiger charge is 2.04. The summed E-state index contributed by atoms with van der Waals surface area (Å²) >= 11 is 1.70. The minimum Gasteiger partial charge on any atom is -0.392 e. The van der Waals surface area contributed by atoms with Crippen LogP contribution < -0.4 is 5.32 Å². The number of thiophene rings is 1. The fourth-order valence-corrected chi connectivity index (χ4v) is 2.81. The Morgan fingerprint density at radius 1 is 1.25 bits per heavy atom. The fraction of sp³-hybridized carbons (Fsp3) is 0.294. The maximum atomic E-state index is 9.96. The summed E-state index contributed by atoms with van der Waals surface area (Å²) in [5.41, 5.74) is 2.53. The molecule has 0 spiro atoms. The Morgan fingerprint density at radius 3 is 2.75 bits per heavy atom. The quantitative estimate of drug-likeness (QED) is 0.779. The van der Waals surface area contributed by atoms with Crippen LogP contribution in [0.5, 0.6) is 0 Å². The van der Waals surface area contributed by atoms with Crippen LogP contribution in [0.25, 0.3) is 6.08 Å². The van der Waals surface area contributed by atoms with Crippen LogP contribution in [0.4, 0.5) is 0 Å². The van der Waals surface area contributed by atoms with E-state index in [0.717, 1.165) is 19.4 Å². The van der Waals surface area contributed by atoms with Gasteiger partial charge in [-0.15, -0.1) is 11.3 Å². The second kappa shape index (κ2) is 8.00. The van der Waals surface area contributed by atoms with Crippen LogP contribution in [0.3, 0.4) is 0 Å². The molecule has 20 heavy (non-hydrogen) atoms. The molecule has 1 unspecified atom stereocenters. The standard InChI is InChI=1S/C17H21NOS/c1-2-17-10-15(13-20-17)11-18-12-16(19)9-8-14-6-4-3-5-7-14/h2-7,10,13,16,18-19H,1,8-9,11-12H2. The van der Waals surface area contributed by atoms with Gasteiger partial charge >= 0.3 is 0 Å². The van der Waals surface area contributed by atoms with Crippen LogP contribution in [0.1, 0.15) is 22.4 Å². The average Bonchev–Trinajstić information content (AvgIpc) is 2.94. The Labute approximate surface area is 124 Å². The van der Waals surface area contributed by atoms with Crippen LogP contribution in [0.2, 0.25) is 0 Å². The smallest absolute Gasteiger partial charge is 0.0667 e. The molecule has 0 amide bonds. The van der Waals surface area contributed by atoms with E-state index in [1.165, 1.54) is 16.0 Å². The Hall–Kier alpha value is -1.42. The lowest BCUT2D eigenvalue weighted by molar-refractivity contribution is 0.161. The summed E-state index contributed by atoms with van der Waals surface area (Å²) < 4.78 is 0. The fourth-order valence-electron chi connectivity index (χ4n) is 2.06. The van der Waals surface area contributed by atoms with Crippen molar-refractivity contribution in [1.82, 2.24) is 5.32 Å². The van der Waals surface area contributed by atoms with Crippen LogP contribution in [0, 0.1) is 0 Å². The van der Waals surface area contributed by atoms with Crippen LogP contribution in [-0.2, 0) is 13.0 Å². The third kappa shape index (κ3) is 4.93. The summed E-state index contributed by atoms with van der Waals surface area (Å²) in [6.45, 7) is 5.19. The molecule has 3 heteroatoms. The van der Waals surface area contributed by atoms with Gasteiger partial charge in [0.05, 0.1) is 6.10 Å². The van der Waals surface area contributed by atoms with Crippen LogP contribution >= 0.6 is 11.3 Å². The summed E-state index contributed by atoms with van der Waals surface area (Å²) in [6, 6.07) is 12.4. The van der Waals surface area contributed by atoms with E-state index in [-0.39, 0.29) is 6.10 Å². The maximum Gasteiger partial charge on any atom is 0.0667 e. The number of hydrogen-bond acceptors (Lipinski definition) is 3. The molecular formula is C17H21NOS. The molecule has 1 aromatic heterocycles. The summed E-state index contributed by atoms with van der Waals surface area (Å²) in [5.74, 6) is 0. The third-order valence-corrected chi connectivity index (χ3v) is 4.17. The first kappa shape index (κ1) is 15.0. The number of aliphatic hydroxyl groups excluding tert-OH is 1. The molecule has 0 aliphatic carbocycles. The Kier molecular flexibility index (Phi) is 5.99. The largest absolute Gasteiger partial charge is 0.392 e. The van der Waals surface area contributed by atoms with Gasteiger partial charge in [-0.3, -0.25) is 0 Å². The van der Waals surface area contributed by atoms with Gasteiger partial charge in [0.1, 0.15) is 0 Å². The van der Waals surface area contributed by atoms with Crippen molar-refractivity contribution in [2.45, 2.75) is 25.5 Å².